The van der Waals surface area contributed by atoms with Gasteiger partial charge in [0.25, 0.3) is 0 Å². The zero-order valence-corrected chi connectivity index (χ0v) is 16.7. The number of benzene rings is 1. The van der Waals surface area contributed by atoms with Crippen LogP contribution in [0.25, 0.3) is 11.3 Å². The summed E-state index contributed by atoms with van der Waals surface area (Å²) in [6.45, 7) is 0.0160. The van der Waals surface area contributed by atoms with E-state index in [0.29, 0.717) is 28.0 Å². The summed E-state index contributed by atoms with van der Waals surface area (Å²) in [5.41, 5.74) is 12.0. The highest BCUT2D eigenvalue weighted by Crippen LogP contribution is 2.32. The van der Waals surface area contributed by atoms with Gasteiger partial charge in [0, 0.05) is 29.7 Å². The lowest BCUT2D eigenvalue weighted by atomic mass is 9.91. The van der Waals surface area contributed by atoms with Crippen molar-refractivity contribution in [3.63, 3.8) is 0 Å². The van der Waals surface area contributed by atoms with Crippen molar-refractivity contribution in [1.29, 1.82) is 10.7 Å². The van der Waals surface area contributed by atoms with Crippen molar-refractivity contribution in [3.05, 3.63) is 95.3 Å². The molecule has 0 saturated carbocycles. The summed E-state index contributed by atoms with van der Waals surface area (Å²) in [5.74, 6) is -0.434. The second-order valence-electron chi connectivity index (χ2n) is 6.75. The number of nitriles is 1. The Morgan fingerprint density at radius 1 is 1.09 bits per heavy atom. The molecule has 2 aromatic heterocycles. The van der Waals surface area contributed by atoms with Crippen LogP contribution in [0.5, 0.6) is 0 Å². The Bertz CT molecular complexity index is 1320. The van der Waals surface area contributed by atoms with Crippen molar-refractivity contribution in [3.8, 4) is 6.07 Å². The normalized spacial score (nSPS) is 14.8. The number of nitrogens with two attached hydrogens (primary N) is 1. The monoisotopic (exact) mass is 424 g/mol. The molecule has 1 aliphatic rings. The van der Waals surface area contributed by atoms with Gasteiger partial charge in [0.2, 0.25) is 0 Å². The molecule has 4 rings (SSSR count). The molecule has 0 radical (unpaired) electrons. The van der Waals surface area contributed by atoms with Crippen molar-refractivity contribution in [2.75, 3.05) is 0 Å². The Kier molecular flexibility index (Phi) is 5.76. The fourth-order valence-corrected chi connectivity index (χ4v) is 3.19. The highest BCUT2D eigenvalue weighted by Gasteiger charge is 2.27. The predicted molar refractivity (Wildman–Crippen MR) is 120 cm³/mol. The second-order valence-corrected chi connectivity index (χ2v) is 6.75. The average Bonchev–Trinajstić information content (AvgIpc) is 2.82. The third-order valence-corrected chi connectivity index (χ3v) is 4.70. The fraction of sp³-hybridized carbons (Fsp3) is 0.0435. The van der Waals surface area contributed by atoms with Crippen molar-refractivity contribution in [2.24, 2.45) is 15.8 Å². The zero-order chi connectivity index (χ0) is 22.5. The van der Waals surface area contributed by atoms with Crippen molar-refractivity contribution in [1.82, 2.24) is 15.4 Å². The van der Waals surface area contributed by atoms with Gasteiger partial charge in [-0.05, 0) is 42.0 Å². The number of amidine groups is 1. The van der Waals surface area contributed by atoms with Gasteiger partial charge < -0.3 is 11.2 Å². The summed E-state index contributed by atoms with van der Waals surface area (Å²) >= 11 is 0. The molecule has 3 heterocycles. The second kappa shape index (κ2) is 8.97. The summed E-state index contributed by atoms with van der Waals surface area (Å²) in [6.07, 6.45) is 4.71. The molecule has 0 spiro atoms. The van der Waals surface area contributed by atoms with Gasteiger partial charge in [0.05, 0.1) is 35.3 Å². The van der Waals surface area contributed by atoms with Gasteiger partial charge in [0.1, 0.15) is 5.82 Å². The van der Waals surface area contributed by atoms with Crippen LogP contribution >= 0.6 is 0 Å². The lowest BCUT2D eigenvalue weighted by Gasteiger charge is -2.21. The number of hydrogen-bond acceptors (Lipinski definition) is 8. The van der Waals surface area contributed by atoms with Crippen LogP contribution in [-0.2, 0) is 6.54 Å². The third kappa shape index (κ3) is 4.11. The van der Waals surface area contributed by atoms with Crippen LogP contribution in [0.3, 0.4) is 0 Å². The number of hydrogen-bond donors (Lipinski definition) is 3. The molecular formula is C23H17FN8. The minimum Gasteiger partial charge on any atom is -0.382 e. The molecule has 1 aromatic carbocycles. The first-order chi connectivity index (χ1) is 15.6. The van der Waals surface area contributed by atoms with Gasteiger partial charge in [-0.15, -0.1) is 0 Å². The van der Waals surface area contributed by atoms with Crippen molar-refractivity contribution in [2.45, 2.75) is 6.54 Å². The van der Waals surface area contributed by atoms with Crippen LogP contribution < -0.4 is 11.2 Å². The summed E-state index contributed by atoms with van der Waals surface area (Å²) in [6, 6.07) is 15.3. The Hall–Kier alpha value is -4.71. The summed E-state index contributed by atoms with van der Waals surface area (Å²) in [5, 5.41) is 22.3. The van der Waals surface area contributed by atoms with Gasteiger partial charge in [-0.2, -0.15) is 10.4 Å². The number of pyridine rings is 2. The number of allylic oxidation sites excluding steroid dienone is 1. The first-order valence-electron chi connectivity index (χ1n) is 9.57. The van der Waals surface area contributed by atoms with Gasteiger partial charge in [-0.3, -0.25) is 15.4 Å². The van der Waals surface area contributed by atoms with E-state index in [1.165, 1.54) is 18.3 Å². The molecule has 0 unspecified atom stereocenters. The van der Waals surface area contributed by atoms with E-state index in [2.05, 4.69) is 31.6 Å². The fourth-order valence-electron chi connectivity index (χ4n) is 3.19. The van der Waals surface area contributed by atoms with E-state index < -0.39 is 5.82 Å². The summed E-state index contributed by atoms with van der Waals surface area (Å²) < 4.78 is 13.8. The Morgan fingerprint density at radius 2 is 1.91 bits per heavy atom. The van der Waals surface area contributed by atoms with Crippen LogP contribution in [0.15, 0.2) is 77.2 Å². The van der Waals surface area contributed by atoms with E-state index in [4.69, 9.17) is 11.1 Å². The van der Waals surface area contributed by atoms with Crippen LogP contribution in [0, 0.1) is 22.6 Å². The van der Waals surface area contributed by atoms with E-state index in [1.807, 2.05) is 0 Å². The van der Waals surface area contributed by atoms with E-state index in [-0.39, 0.29) is 29.5 Å². The van der Waals surface area contributed by atoms with Crippen LogP contribution in [0.1, 0.15) is 22.4 Å². The zero-order valence-electron chi connectivity index (χ0n) is 16.7. The van der Waals surface area contributed by atoms with E-state index in [0.717, 1.165) is 0 Å². The minimum atomic E-state index is -0.461. The number of hydrazone groups is 1. The first-order valence-corrected chi connectivity index (χ1v) is 9.57. The SMILES string of the molecule is N#Cc1cccc(C2=C(c3ccncc3)C(=N)/C(=N\NCc3ncccc3F)C(N)=N2)c1. The Balaban J connectivity index is 1.75. The molecule has 8 nitrogen and oxygen atoms in total. The Morgan fingerprint density at radius 3 is 2.66 bits per heavy atom. The molecule has 32 heavy (non-hydrogen) atoms. The highest BCUT2D eigenvalue weighted by atomic mass is 19.1. The van der Waals surface area contributed by atoms with Gasteiger partial charge >= 0.3 is 0 Å². The number of nitrogens with one attached hydrogen (secondary N) is 2. The molecule has 3 aromatic rings. The number of halogens is 1. The van der Waals surface area contributed by atoms with Gasteiger partial charge in [-0.25, -0.2) is 9.38 Å². The molecule has 156 valence electrons. The summed E-state index contributed by atoms with van der Waals surface area (Å²) in [7, 11) is 0. The molecule has 0 amide bonds. The number of nitrogens with zero attached hydrogens (tertiary/aromatic N) is 5. The molecule has 0 atom stereocenters. The minimum absolute atomic E-state index is 0.0160. The summed E-state index contributed by atoms with van der Waals surface area (Å²) in [4.78, 5) is 12.5. The molecule has 0 fully saturated rings. The quantitative estimate of drug-likeness (QED) is 0.541. The van der Waals surface area contributed by atoms with Crippen LogP contribution in [0.2, 0.25) is 0 Å². The average molecular weight is 424 g/mol. The standard InChI is InChI=1S/C23H17FN8/c24-17-5-2-8-29-18(17)13-30-32-22-20(26)19(15-6-9-28-10-7-15)21(31-23(22)27)16-4-1-3-14(11-16)12-25/h1-11,26,30H,13H2,(H2,27,31)/b26-20?,32-22+. The largest absolute Gasteiger partial charge is 0.382 e. The van der Waals surface area contributed by atoms with E-state index in [9.17, 15) is 9.65 Å². The molecule has 0 aliphatic carbocycles. The first kappa shape index (κ1) is 20.6. The van der Waals surface area contributed by atoms with Gasteiger partial charge in [-0.1, -0.05) is 12.1 Å². The van der Waals surface area contributed by atoms with Gasteiger partial charge in [0.15, 0.2) is 11.5 Å². The van der Waals surface area contributed by atoms with Crippen LogP contribution in [-0.4, -0.2) is 27.2 Å². The van der Waals surface area contributed by atoms with E-state index in [1.54, 1.807) is 48.8 Å². The topological polar surface area (TPSA) is 136 Å². The third-order valence-electron chi connectivity index (χ3n) is 4.70. The predicted octanol–water partition coefficient (Wildman–Crippen LogP) is 2.89. The molecular weight excluding hydrogens is 407 g/mol. The highest BCUT2D eigenvalue weighted by molar-refractivity contribution is 6.78. The van der Waals surface area contributed by atoms with E-state index >= 15 is 0 Å². The van der Waals surface area contributed by atoms with Crippen molar-refractivity contribution >= 4 is 28.5 Å². The van der Waals surface area contributed by atoms with Crippen LogP contribution in [0.4, 0.5) is 4.39 Å². The van der Waals surface area contributed by atoms with Crippen molar-refractivity contribution < 1.29 is 4.39 Å². The lowest BCUT2D eigenvalue weighted by Crippen LogP contribution is -2.36. The maximum Gasteiger partial charge on any atom is 0.154 e. The molecule has 0 saturated heterocycles. The lowest BCUT2D eigenvalue weighted by molar-refractivity contribution is 0.581. The maximum absolute atomic E-state index is 13.8. The Labute approximate surface area is 183 Å². The molecule has 0 bridgehead atoms. The molecule has 4 N–H and O–H groups in total. The molecule has 1 aliphatic heterocycles. The molecule has 9 heteroatoms. The number of aliphatic imine (C=N–C) groups is 1. The maximum atomic E-state index is 13.8. The number of aromatic nitrogens is 2. The smallest absolute Gasteiger partial charge is 0.154 e. The number of rotatable bonds is 5.